The van der Waals surface area contributed by atoms with Crippen molar-refractivity contribution >= 4 is 11.8 Å². The topological polar surface area (TPSA) is 97.8 Å². The van der Waals surface area contributed by atoms with Crippen LogP contribution in [0.25, 0.3) is 0 Å². The van der Waals surface area contributed by atoms with Gasteiger partial charge >= 0.3 is 5.97 Å². The molecule has 0 amide bonds. The third kappa shape index (κ3) is 8.39. The summed E-state index contributed by atoms with van der Waals surface area (Å²) in [6, 6.07) is -0.0731. The maximum Gasteiger partial charge on any atom is 0.319 e. The van der Waals surface area contributed by atoms with Gasteiger partial charge in [-0.2, -0.15) is 0 Å². The van der Waals surface area contributed by atoms with Crippen LogP contribution < -0.4 is 0 Å². The van der Waals surface area contributed by atoms with Gasteiger partial charge in [0.25, 0.3) is 0 Å². The van der Waals surface area contributed by atoms with Crippen molar-refractivity contribution in [3.63, 3.8) is 0 Å². The molecule has 3 fully saturated rings. The number of likely N-dealkylation sites (N-methyl/N-ethyl adjacent to an activating group) is 2. The van der Waals surface area contributed by atoms with Gasteiger partial charge in [0, 0.05) is 31.7 Å². The molecule has 2 aliphatic heterocycles. The van der Waals surface area contributed by atoms with E-state index in [2.05, 4.69) is 25.8 Å². The Bertz CT molecular complexity index is 920. The number of hydrogen-bond acceptors (Lipinski definition) is 9. The second-order valence-electron chi connectivity index (χ2n) is 15.0. The minimum Gasteiger partial charge on any atom is -0.463 e. The molecular weight excluding hydrogens is 548 g/mol. The van der Waals surface area contributed by atoms with Gasteiger partial charge in [-0.3, -0.25) is 14.5 Å². The Labute approximate surface area is 261 Å². The van der Waals surface area contributed by atoms with Crippen LogP contribution in [0.5, 0.6) is 0 Å². The number of carbonyl (C=O) groups excluding carboxylic acids is 2. The first-order valence-electron chi connectivity index (χ1n) is 16.7. The lowest BCUT2D eigenvalue weighted by atomic mass is 9.74. The minimum absolute atomic E-state index is 0.0874. The molecule has 9 nitrogen and oxygen atoms in total. The molecule has 3 rings (SSSR count). The number of esters is 1. The molecule has 1 saturated carbocycles. The summed E-state index contributed by atoms with van der Waals surface area (Å²) in [6.45, 7) is 14.6. The lowest BCUT2D eigenvalue weighted by Gasteiger charge is -2.47. The molecule has 0 aromatic rings. The fourth-order valence-electron chi connectivity index (χ4n) is 8.04. The first-order chi connectivity index (χ1) is 20.0. The summed E-state index contributed by atoms with van der Waals surface area (Å²) in [5, 5.41) is 11.3. The van der Waals surface area contributed by atoms with Crippen molar-refractivity contribution < 1.29 is 33.6 Å². The van der Waals surface area contributed by atoms with Crippen LogP contribution in [0.4, 0.5) is 0 Å². The second-order valence-corrected chi connectivity index (χ2v) is 15.0. The summed E-state index contributed by atoms with van der Waals surface area (Å²) in [5.74, 6) is -0.106. The molecule has 9 atom stereocenters. The molecule has 2 heterocycles. The van der Waals surface area contributed by atoms with E-state index in [9.17, 15) is 14.7 Å². The molecular formula is C34H62N2O7. The monoisotopic (exact) mass is 610 g/mol. The quantitative estimate of drug-likeness (QED) is 0.344. The summed E-state index contributed by atoms with van der Waals surface area (Å²) in [6.07, 6.45) is 4.39. The highest BCUT2D eigenvalue weighted by Gasteiger charge is 2.51. The van der Waals surface area contributed by atoms with Gasteiger partial charge in [0.15, 0.2) is 12.1 Å². The fraction of sp³-hybridized carbons (Fsp3) is 0.941. The highest BCUT2D eigenvalue weighted by Crippen LogP contribution is 2.39. The predicted octanol–water partition coefficient (Wildman–Crippen LogP) is 4.53. The van der Waals surface area contributed by atoms with Crippen LogP contribution in [0, 0.1) is 29.1 Å². The number of methoxy groups -OCH3 is 1. The number of ether oxygens (including phenoxy) is 4. The summed E-state index contributed by atoms with van der Waals surface area (Å²) < 4.78 is 25.0. The molecule has 250 valence electrons. The molecule has 1 N–H and O–H groups in total. The Morgan fingerprint density at radius 1 is 1.07 bits per heavy atom. The Balaban J connectivity index is 1.97. The maximum atomic E-state index is 14.2. The van der Waals surface area contributed by atoms with Crippen molar-refractivity contribution in [2.75, 3.05) is 41.4 Å². The van der Waals surface area contributed by atoms with E-state index in [0.29, 0.717) is 18.8 Å². The maximum absolute atomic E-state index is 14.2. The zero-order valence-electron chi connectivity index (χ0n) is 28.9. The van der Waals surface area contributed by atoms with Gasteiger partial charge in [-0.15, -0.1) is 0 Å². The van der Waals surface area contributed by atoms with Crippen LogP contribution in [-0.4, -0.2) is 110 Å². The largest absolute Gasteiger partial charge is 0.463 e. The number of aliphatic hydroxyl groups is 1. The molecule has 0 aromatic heterocycles. The average molecular weight is 611 g/mol. The van der Waals surface area contributed by atoms with Crippen LogP contribution in [0.15, 0.2) is 0 Å². The van der Waals surface area contributed by atoms with Crippen molar-refractivity contribution in [2.24, 2.45) is 29.1 Å². The molecule has 0 bridgehead atoms. The van der Waals surface area contributed by atoms with Gasteiger partial charge in [0.2, 0.25) is 0 Å². The number of Topliss-reactive ketones (excluding diaryl/α,β-unsaturated/α-hetero) is 1. The Hall–Kier alpha value is -1.10. The summed E-state index contributed by atoms with van der Waals surface area (Å²) in [4.78, 5) is 32.2. The normalized spacial score (nSPS) is 42.5. The van der Waals surface area contributed by atoms with E-state index in [0.717, 1.165) is 25.3 Å². The van der Waals surface area contributed by atoms with Gasteiger partial charge in [-0.1, -0.05) is 40.0 Å². The predicted molar refractivity (Wildman–Crippen MR) is 168 cm³/mol. The lowest BCUT2D eigenvalue weighted by molar-refractivity contribution is -0.295. The highest BCUT2D eigenvalue weighted by atomic mass is 16.7. The second kappa shape index (κ2) is 15.0. The van der Waals surface area contributed by atoms with Gasteiger partial charge in [0.1, 0.15) is 18.1 Å². The molecule has 43 heavy (non-hydrogen) atoms. The van der Waals surface area contributed by atoms with Crippen LogP contribution in [0.1, 0.15) is 93.4 Å². The minimum atomic E-state index is -1.39. The number of carbonyl (C=O) groups is 2. The van der Waals surface area contributed by atoms with Gasteiger partial charge in [0.05, 0.1) is 17.8 Å². The lowest BCUT2D eigenvalue weighted by Crippen LogP contribution is -2.59. The third-order valence-electron chi connectivity index (χ3n) is 10.9. The molecule has 0 aromatic carbocycles. The van der Waals surface area contributed by atoms with Crippen LogP contribution >= 0.6 is 0 Å². The molecule has 9 heteroatoms. The Morgan fingerprint density at radius 2 is 1.70 bits per heavy atom. The molecule has 2 saturated heterocycles. The van der Waals surface area contributed by atoms with E-state index in [1.165, 1.54) is 19.3 Å². The zero-order chi connectivity index (χ0) is 32.3. The van der Waals surface area contributed by atoms with Crippen LogP contribution in [0.3, 0.4) is 0 Å². The summed E-state index contributed by atoms with van der Waals surface area (Å²) >= 11 is 0. The number of rotatable bonds is 6. The van der Waals surface area contributed by atoms with E-state index in [1.807, 2.05) is 32.8 Å². The molecule has 1 aliphatic carbocycles. The molecule has 3 aliphatic rings. The molecule has 0 unspecified atom stereocenters. The van der Waals surface area contributed by atoms with Crippen molar-refractivity contribution in [1.82, 2.24) is 9.80 Å². The van der Waals surface area contributed by atoms with Crippen molar-refractivity contribution in [3.8, 4) is 0 Å². The van der Waals surface area contributed by atoms with Gasteiger partial charge < -0.3 is 29.0 Å². The standard InChI is InChI=1S/C34H62N2O7/c1-12-24-13-15-25(16-14-24)27-20-41-32(39)33(5,6)29(38)23(4)30(34(7,40-11)18-21(2)19-36(27)10)43-31-28(37)26(35(8)9)17-22(3)42-31/h21-28,30-31,37H,12-20H2,1-11H3/t21-,22-,23+,24?,25?,26+,27-,28-,30-,31+,34-/m1/s1. The fourth-order valence-corrected chi connectivity index (χ4v) is 8.04. The van der Waals surface area contributed by atoms with E-state index < -0.39 is 41.4 Å². The number of hydrogen-bond donors (Lipinski definition) is 1. The smallest absolute Gasteiger partial charge is 0.319 e. The number of aliphatic hydroxyl groups excluding tert-OH is 1. The van der Waals surface area contributed by atoms with E-state index >= 15 is 0 Å². The van der Waals surface area contributed by atoms with Crippen molar-refractivity contribution in [3.05, 3.63) is 0 Å². The highest BCUT2D eigenvalue weighted by molar-refractivity contribution is 6.04. The van der Waals surface area contributed by atoms with Crippen LogP contribution in [-0.2, 0) is 28.5 Å². The van der Waals surface area contributed by atoms with E-state index in [-0.39, 0.29) is 36.5 Å². The SMILES string of the molecule is CCC1CCC([C@H]2COC(=O)C(C)(C)C(=O)[C@H](C)[C@@H](O[C@@H]3O[C@H](C)C[C@H](N(C)C)[C@H]3O)[C@](C)(OC)C[C@@H](C)CN2C)CC1. The third-order valence-corrected chi connectivity index (χ3v) is 10.9. The Kier molecular flexibility index (Phi) is 12.7. The van der Waals surface area contributed by atoms with Gasteiger partial charge in [-0.25, -0.2) is 0 Å². The molecule has 0 spiro atoms. The number of ketones is 1. The zero-order valence-corrected chi connectivity index (χ0v) is 28.9. The number of nitrogens with zero attached hydrogens (tertiary/aromatic N) is 2. The Morgan fingerprint density at radius 3 is 2.26 bits per heavy atom. The van der Waals surface area contributed by atoms with E-state index in [4.69, 9.17) is 18.9 Å². The van der Waals surface area contributed by atoms with E-state index in [1.54, 1.807) is 27.9 Å². The van der Waals surface area contributed by atoms with Crippen molar-refractivity contribution in [1.29, 1.82) is 0 Å². The van der Waals surface area contributed by atoms with Crippen molar-refractivity contribution in [2.45, 2.75) is 136 Å². The first-order valence-corrected chi connectivity index (χ1v) is 16.7. The van der Waals surface area contributed by atoms with Crippen LogP contribution in [0.2, 0.25) is 0 Å². The molecule has 0 radical (unpaired) electrons. The van der Waals surface area contributed by atoms with Gasteiger partial charge in [-0.05, 0) is 92.3 Å². The summed E-state index contributed by atoms with van der Waals surface area (Å²) in [5.41, 5.74) is -2.28. The summed E-state index contributed by atoms with van der Waals surface area (Å²) in [7, 11) is 7.65. The first kappa shape index (κ1) is 36.4. The number of cyclic esters (lactones) is 1. The average Bonchev–Trinajstić information content (AvgIpc) is 2.96.